The van der Waals surface area contributed by atoms with E-state index in [1.54, 1.807) is 6.20 Å². The van der Waals surface area contributed by atoms with Crippen molar-refractivity contribution in [2.75, 3.05) is 11.1 Å². The number of rotatable bonds is 7. The molecule has 1 amide bonds. The summed E-state index contributed by atoms with van der Waals surface area (Å²) in [6.45, 7) is 2.06. The zero-order chi connectivity index (χ0) is 24.5. The number of anilines is 1. The molecule has 8 nitrogen and oxygen atoms in total. The Morgan fingerprint density at radius 2 is 1.97 bits per heavy atom. The highest BCUT2D eigenvalue weighted by Crippen LogP contribution is 2.33. The summed E-state index contributed by atoms with van der Waals surface area (Å²) < 4.78 is 3.99. The average molecular weight is 498 g/mol. The molecule has 0 unspecified atom stereocenters. The summed E-state index contributed by atoms with van der Waals surface area (Å²) in [5, 5.41) is 18.3. The van der Waals surface area contributed by atoms with Crippen molar-refractivity contribution in [1.29, 1.82) is 0 Å². The minimum absolute atomic E-state index is 0.0906. The molecule has 2 N–H and O–H groups in total. The van der Waals surface area contributed by atoms with Gasteiger partial charge in [-0.25, -0.2) is 4.68 Å². The van der Waals surface area contributed by atoms with E-state index in [1.165, 1.54) is 24.6 Å². The van der Waals surface area contributed by atoms with Crippen molar-refractivity contribution < 1.29 is 4.79 Å². The van der Waals surface area contributed by atoms with Crippen LogP contribution in [0.1, 0.15) is 37.3 Å². The SMILES string of the molecule is Cc1cccc(-n2c(SCC(=O)Nc3ccnn3C3CCCC3)nnc2-c2c[nH]c3ccccc23)c1. The second-order valence-corrected chi connectivity index (χ2v) is 10.1. The molecule has 3 aromatic heterocycles. The summed E-state index contributed by atoms with van der Waals surface area (Å²) in [6, 6.07) is 18.6. The predicted octanol–water partition coefficient (Wildman–Crippen LogP) is 5.77. The first kappa shape index (κ1) is 22.6. The summed E-state index contributed by atoms with van der Waals surface area (Å²) in [5.74, 6) is 1.62. The lowest BCUT2D eigenvalue weighted by molar-refractivity contribution is -0.113. The molecule has 1 fully saturated rings. The molecule has 0 bridgehead atoms. The van der Waals surface area contributed by atoms with E-state index in [1.807, 2.05) is 51.8 Å². The molecule has 1 saturated carbocycles. The lowest BCUT2D eigenvalue weighted by atomic mass is 10.1. The van der Waals surface area contributed by atoms with Gasteiger partial charge in [-0.05, 0) is 43.5 Å². The molecule has 1 aliphatic carbocycles. The lowest BCUT2D eigenvalue weighted by Crippen LogP contribution is -2.19. The van der Waals surface area contributed by atoms with Crippen molar-refractivity contribution in [3.05, 3.63) is 72.6 Å². The van der Waals surface area contributed by atoms with Crippen LogP contribution in [0.2, 0.25) is 0 Å². The first-order chi connectivity index (χ1) is 17.7. The first-order valence-corrected chi connectivity index (χ1v) is 13.2. The number of thioether (sulfide) groups is 1. The van der Waals surface area contributed by atoms with Crippen LogP contribution in [0.5, 0.6) is 0 Å². The van der Waals surface area contributed by atoms with Crippen LogP contribution < -0.4 is 5.32 Å². The molecule has 5 aromatic rings. The largest absolute Gasteiger partial charge is 0.360 e. The van der Waals surface area contributed by atoms with Crippen LogP contribution in [0, 0.1) is 6.92 Å². The summed E-state index contributed by atoms with van der Waals surface area (Å²) in [4.78, 5) is 16.3. The normalized spacial score (nSPS) is 14.0. The number of carbonyl (C=O) groups excluding carboxylic acids is 1. The highest BCUT2D eigenvalue weighted by Gasteiger charge is 2.22. The van der Waals surface area contributed by atoms with E-state index in [-0.39, 0.29) is 11.7 Å². The Morgan fingerprint density at radius 1 is 1.11 bits per heavy atom. The molecule has 2 aromatic carbocycles. The molecule has 0 aliphatic heterocycles. The second-order valence-electron chi connectivity index (χ2n) is 9.16. The topological polar surface area (TPSA) is 93.4 Å². The number of para-hydroxylation sites is 1. The molecule has 3 heterocycles. The van der Waals surface area contributed by atoms with Gasteiger partial charge >= 0.3 is 0 Å². The van der Waals surface area contributed by atoms with Crippen molar-refractivity contribution in [3.8, 4) is 17.1 Å². The number of hydrogen-bond acceptors (Lipinski definition) is 5. The standard InChI is InChI=1S/C27H27N7OS/c1-18-7-6-10-20(15-18)33-26(22-16-28-23-12-5-4-11-21(22)23)31-32-27(33)36-17-25(35)30-24-13-14-29-34(24)19-8-2-3-9-19/h4-7,10-16,19,28H,2-3,8-9,17H2,1H3,(H,30,35). The predicted molar refractivity (Wildman–Crippen MR) is 142 cm³/mol. The number of hydrogen-bond donors (Lipinski definition) is 2. The van der Waals surface area contributed by atoms with Crippen molar-refractivity contribution in [1.82, 2.24) is 29.5 Å². The first-order valence-electron chi connectivity index (χ1n) is 12.2. The number of aromatic nitrogens is 6. The van der Waals surface area contributed by atoms with Gasteiger partial charge in [0.05, 0.1) is 18.0 Å². The molecule has 6 rings (SSSR count). The summed E-state index contributed by atoms with van der Waals surface area (Å²) >= 11 is 1.38. The van der Waals surface area contributed by atoms with Crippen LogP contribution >= 0.6 is 11.8 Å². The van der Waals surface area contributed by atoms with Crippen molar-refractivity contribution >= 4 is 34.4 Å². The number of fused-ring (bicyclic) bond motifs is 1. The molecular formula is C27H27N7OS. The third kappa shape index (κ3) is 4.30. The number of H-pyrrole nitrogens is 1. The van der Waals surface area contributed by atoms with Crippen molar-refractivity contribution in [2.45, 2.75) is 43.8 Å². The Balaban J connectivity index is 1.28. The second kappa shape index (κ2) is 9.66. The van der Waals surface area contributed by atoms with E-state index in [4.69, 9.17) is 0 Å². The molecule has 0 saturated heterocycles. The number of nitrogens with one attached hydrogen (secondary N) is 2. The Kier molecular flexibility index (Phi) is 6.06. The third-order valence-corrected chi connectivity index (χ3v) is 7.59. The van der Waals surface area contributed by atoms with Crippen LogP contribution in [0.25, 0.3) is 28.0 Å². The quantitative estimate of drug-likeness (QED) is 0.279. The maximum atomic E-state index is 12.9. The fourth-order valence-electron chi connectivity index (χ4n) is 4.96. The maximum absolute atomic E-state index is 12.9. The van der Waals surface area contributed by atoms with Crippen LogP contribution in [0.15, 0.2) is 72.1 Å². The summed E-state index contributed by atoms with van der Waals surface area (Å²) in [7, 11) is 0. The van der Waals surface area contributed by atoms with Gasteiger partial charge in [0, 0.05) is 34.4 Å². The smallest absolute Gasteiger partial charge is 0.235 e. The van der Waals surface area contributed by atoms with Crippen LogP contribution in [-0.2, 0) is 4.79 Å². The van der Waals surface area contributed by atoms with E-state index < -0.39 is 0 Å². The molecule has 0 atom stereocenters. The molecular weight excluding hydrogens is 470 g/mol. The molecule has 9 heteroatoms. The van der Waals surface area contributed by atoms with Gasteiger partial charge in [-0.1, -0.05) is 54.9 Å². The van der Waals surface area contributed by atoms with E-state index >= 15 is 0 Å². The van der Waals surface area contributed by atoms with Crippen LogP contribution in [0.3, 0.4) is 0 Å². The molecule has 36 heavy (non-hydrogen) atoms. The zero-order valence-electron chi connectivity index (χ0n) is 20.0. The number of amides is 1. The van der Waals surface area contributed by atoms with Gasteiger partial charge in [0.1, 0.15) is 5.82 Å². The van der Waals surface area contributed by atoms with Gasteiger partial charge in [-0.15, -0.1) is 10.2 Å². The number of carbonyl (C=O) groups is 1. The van der Waals surface area contributed by atoms with E-state index in [0.717, 1.165) is 52.2 Å². The third-order valence-electron chi connectivity index (χ3n) is 6.66. The van der Waals surface area contributed by atoms with Crippen molar-refractivity contribution in [3.63, 3.8) is 0 Å². The van der Waals surface area contributed by atoms with Crippen LogP contribution in [-0.4, -0.2) is 41.2 Å². The van der Waals surface area contributed by atoms with Gasteiger partial charge in [-0.3, -0.25) is 9.36 Å². The molecule has 0 radical (unpaired) electrons. The number of benzene rings is 2. The Labute approximate surface area is 213 Å². The van der Waals surface area contributed by atoms with E-state index in [9.17, 15) is 4.79 Å². The molecule has 0 spiro atoms. The Hall–Kier alpha value is -3.85. The fraction of sp³-hybridized carbons (Fsp3) is 0.259. The monoisotopic (exact) mass is 497 g/mol. The number of aromatic amines is 1. The van der Waals surface area contributed by atoms with E-state index in [2.05, 4.69) is 50.7 Å². The van der Waals surface area contributed by atoms with Crippen molar-refractivity contribution in [2.24, 2.45) is 0 Å². The summed E-state index contributed by atoms with van der Waals surface area (Å²) in [5.41, 5.74) is 4.11. The lowest BCUT2D eigenvalue weighted by Gasteiger charge is -2.14. The number of nitrogens with zero attached hydrogens (tertiary/aromatic N) is 5. The fourth-order valence-corrected chi connectivity index (χ4v) is 5.71. The minimum Gasteiger partial charge on any atom is -0.360 e. The Bertz CT molecular complexity index is 1530. The van der Waals surface area contributed by atoms with Gasteiger partial charge in [-0.2, -0.15) is 5.10 Å². The van der Waals surface area contributed by atoms with Gasteiger partial charge < -0.3 is 10.3 Å². The van der Waals surface area contributed by atoms with Crippen LogP contribution in [0.4, 0.5) is 5.82 Å². The zero-order valence-corrected chi connectivity index (χ0v) is 20.8. The number of aryl methyl sites for hydroxylation is 1. The van der Waals surface area contributed by atoms with Gasteiger partial charge in [0.25, 0.3) is 0 Å². The Morgan fingerprint density at radius 3 is 2.83 bits per heavy atom. The average Bonchev–Trinajstić information content (AvgIpc) is 3.68. The molecule has 182 valence electrons. The minimum atomic E-state index is -0.0906. The van der Waals surface area contributed by atoms with Gasteiger partial charge in [0.2, 0.25) is 5.91 Å². The molecule has 1 aliphatic rings. The highest BCUT2D eigenvalue weighted by molar-refractivity contribution is 7.99. The van der Waals surface area contributed by atoms with E-state index in [0.29, 0.717) is 11.2 Å². The summed E-state index contributed by atoms with van der Waals surface area (Å²) in [6.07, 6.45) is 8.35. The highest BCUT2D eigenvalue weighted by atomic mass is 32.2. The van der Waals surface area contributed by atoms with Gasteiger partial charge in [0.15, 0.2) is 11.0 Å². The maximum Gasteiger partial charge on any atom is 0.235 e.